The Hall–Kier alpha value is -6.72. The molecule has 5 aliphatic rings. The number of ketones is 4. The molecule has 4 fully saturated rings. The summed E-state index contributed by atoms with van der Waals surface area (Å²) < 4.78 is 57.4. The summed E-state index contributed by atoms with van der Waals surface area (Å²) in [7, 11) is 0. The minimum Gasteiger partial charge on any atom is -0.494 e. The number of nitrogens with zero attached hydrogens (tertiary/aromatic N) is 4. The van der Waals surface area contributed by atoms with E-state index in [0.717, 1.165) is 17.5 Å². The van der Waals surface area contributed by atoms with Gasteiger partial charge in [0.25, 0.3) is 0 Å². The van der Waals surface area contributed by atoms with Crippen LogP contribution in [0.2, 0.25) is 0 Å². The van der Waals surface area contributed by atoms with Gasteiger partial charge in [-0.05, 0) is 156 Å². The molecule has 22 heteroatoms. The van der Waals surface area contributed by atoms with Crippen LogP contribution in [0.3, 0.4) is 0 Å². The molecular weight excluding hydrogens is 1300 g/mol. The van der Waals surface area contributed by atoms with Gasteiger partial charge in [-0.1, -0.05) is 129 Å². The molecule has 8 rings (SSSR count). The number of carbonyl (C=O) groups excluding carboxylic acids is 8. The Bertz CT molecular complexity index is 3370. The van der Waals surface area contributed by atoms with Crippen LogP contribution in [0.15, 0.2) is 79.2 Å². The van der Waals surface area contributed by atoms with Crippen molar-refractivity contribution in [2.45, 2.75) is 276 Å². The van der Waals surface area contributed by atoms with Gasteiger partial charge in [0, 0.05) is 66.8 Å². The molecule has 2 unspecified atom stereocenters. The Morgan fingerprint density at radius 2 is 1.21 bits per heavy atom. The Morgan fingerprint density at radius 3 is 1.75 bits per heavy atom. The number of ether oxygens (including phenoxy) is 9. The Morgan fingerprint density at radius 1 is 0.647 bits per heavy atom. The smallest absolute Gasteiger partial charge is 0.420 e. The number of aliphatic hydroxyl groups excluding tert-OH is 1. The van der Waals surface area contributed by atoms with E-state index in [0.29, 0.717) is 49.5 Å². The SMILES string of the molecule is CC[C@H]1OC(=O)[C@H](C)C(=O)[C@H](C)[C@@H](OC2O[C@H](C)C[C@H](C)[C@H]2C)C(C)(C)C[C@@H](C)C(=O)/C(C)=C/[C@]1(CC)OC(=O)n1ccnc1.CC[C@H]1OC(=O)[C@H](C)C(=O)[C@H](C)[C@@H](OC2O[C@H](C)C[C@H](C)[C@H]2O)C(C)(C)C[C@@H](C)C(=O)[C@H](C)[C@H]2N(CCCOc3ccc(-c4cccnc4)cc3)C(=O)O[C@]12CC. The summed E-state index contributed by atoms with van der Waals surface area (Å²) in [6, 6.07) is 10.8. The molecule has 0 radical (unpaired) electrons. The fourth-order valence-corrected chi connectivity index (χ4v) is 16.7. The van der Waals surface area contributed by atoms with Crippen LogP contribution in [-0.4, -0.2) is 158 Å². The van der Waals surface area contributed by atoms with Crippen LogP contribution in [-0.2, 0) is 66.7 Å². The van der Waals surface area contributed by atoms with E-state index < -0.39 is 137 Å². The first-order valence-corrected chi connectivity index (χ1v) is 37.3. The highest BCUT2D eigenvalue weighted by molar-refractivity contribution is 6.01. The van der Waals surface area contributed by atoms with Crippen molar-refractivity contribution in [3.05, 3.63) is 79.2 Å². The Labute approximate surface area is 605 Å². The van der Waals surface area contributed by atoms with Crippen LogP contribution in [0, 0.1) is 70.0 Å². The maximum atomic E-state index is 14.7. The van der Waals surface area contributed by atoms with Crippen LogP contribution in [0.4, 0.5) is 9.59 Å². The van der Waals surface area contributed by atoms with E-state index in [4.69, 9.17) is 42.6 Å². The number of allylic oxidation sites excluding steroid dienone is 1. The summed E-state index contributed by atoms with van der Waals surface area (Å²) in [6.07, 6.45) is 5.91. The van der Waals surface area contributed by atoms with Gasteiger partial charge in [-0.3, -0.25) is 33.8 Å². The maximum absolute atomic E-state index is 14.7. The predicted molar refractivity (Wildman–Crippen MR) is 383 cm³/mol. The second-order valence-corrected chi connectivity index (χ2v) is 31.5. The van der Waals surface area contributed by atoms with E-state index in [1.54, 1.807) is 64.9 Å². The largest absolute Gasteiger partial charge is 0.494 e. The van der Waals surface area contributed by atoms with Crippen molar-refractivity contribution in [1.82, 2.24) is 19.4 Å². The highest BCUT2D eigenvalue weighted by Crippen LogP contribution is 2.47. The highest BCUT2D eigenvalue weighted by atomic mass is 16.7. The number of hydrogen-bond donors (Lipinski definition) is 1. The van der Waals surface area contributed by atoms with Crippen molar-refractivity contribution < 1.29 is 86.1 Å². The second-order valence-electron chi connectivity index (χ2n) is 31.5. The number of fused-ring (bicyclic) bond motifs is 1. The molecular formula is C80H118N4O18. The van der Waals surface area contributed by atoms with E-state index >= 15 is 0 Å². The zero-order valence-electron chi connectivity index (χ0n) is 64.4. The van der Waals surface area contributed by atoms with E-state index in [9.17, 15) is 43.5 Å². The Kier molecular flexibility index (Phi) is 28.3. The van der Waals surface area contributed by atoms with Crippen LogP contribution >= 0.6 is 0 Å². The molecule has 0 saturated carbocycles. The lowest BCUT2D eigenvalue weighted by atomic mass is 9.68. The van der Waals surface area contributed by atoms with Crippen molar-refractivity contribution in [3.63, 3.8) is 0 Å². The van der Waals surface area contributed by atoms with Gasteiger partial charge in [0.2, 0.25) is 0 Å². The average molecular weight is 1420 g/mol. The molecule has 2 aromatic heterocycles. The maximum Gasteiger partial charge on any atom is 0.420 e. The van der Waals surface area contributed by atoms with Gasteiger partial charge in [-0.25, -0.2) is 19.1 Å². The molecule has 4 saturated heterocycles. The second kappa shape index (κ2) is 34.9. The number of aliphatic hydroxyl groups is 1. The zero-order valence-corrected chi connectivity index (χ0v) is 64.4. The monoisotopic (exact) mass is 1420 g/mol. The van der Waals surface area contributed by atoms with Gasteiger partial charge in [-0.15, -0.1) is 0 Å². The fraction of sp³-hybridized carbons (Fsp3) is 0.700. The zero-order chi connectivity index (χ0) is 75.7. The number of hydrogen-bond acceptors (Lipinski definition) is 20. The first-order chi connectivity index (χ1) is 47.9. The topological polar surface area (TPSA) is 274 Å². The summed E-state index contributed by atoms with van der Waals surface area (Å²) >= 11 is 0. The minimum atomic E-state index is -1.47. The lowest BCUT2D eigenvalue weighted by molar-refractivity contribution is -0.284. The van der Waals surface area contributed by atoms with E-state index in [2.05, 4.69) is 23.8 Å². The number of rotatable bonds is 15. The molecule has 0 aliphatic carbocycles. The number of esters is 2. The number of carbonyl (C=O) groups is 8. The number of imidazole rings is 1. The van der Waals surface area contributed by atoms with E-state index in [1.807, 2.05) is 119 Å². The normalized spacial score (nSPS) is 36.5. The average Bonchev–Trinajstić information content (AvgIpc) is 1.57. The van der Waals surface area contributed by atoms with Gasteiger partial charge >= 0.3 is 24.1 Å². The van der Waals surface area contributed by atoms with Crippen LogP contribution in [0.1, 0.15) is 203 Å². The molecule has 1 N–H and O–H groups in total. The molecule has 0 bridgehead atoms. The van der Waals surface area contributed by atoms with Crippen molar-refractivity contribution in [2.24, 2.45) is 70.0 Å². The van der Waals surface area contributed by atoms with Gasteiger partial charge < -0.3 is 52.6 Å². The lowest BCUT2D eigenvalue weighted by Crippen LogP contribution is -2.59. The molecule has 1 aromatic carbocycles. The molecule has 5 aliphatic heterocycles. The van der Waals surface area contributed by atoms with Crippen molar-refractivity contribution in [1.29, 1.82) is 0 Å². The molecule has 1 amide bonds. The third kappa shape index (κ3) is 18.7. The van der Waals surface area contributed by atoms with Gasteiger partial charge in [0.15, 0.2) is 41.1 Å². The summed E-state index contributed by atoms with van der Waals surface area (Å²) in [4.78, 5) is 121. The van der Waals surface area contributed by atoms with Crippen molar-refractivity contribution in [3.8, 4) is 16.9 Å². The lowest BCUT2D eigenvalue weighted by Gasteiger charge is -2.46. The quantitative estimate of drug-likeness (QED) is 0.0640. The number of benzene rings is 1. The molecule has 0 spiro atoms. The molecule has 102 heavy (non-hydrogen) atoms. The number of Topliss-reactive ketones (excluding diaryl/α,β-unsaturated/α-hetero) is 4. The van der Waals surface area contributed by atoms with Crippen molar-refractivity contribution >= 4 is 47.3 Å². The highest BCUT2D eigenvalue weighted by Gasteiger charge is 2.62. The predicted octanol–water partition coefficient (Wildman–Crippen LogP) is 14.0. The summed E-state index contributed by atoms with van der Waals surface area (Å²) in [5.74, 6) is -6.82. The van der Waals surface area contributed by atoms with Gasteiger partial charge in [0.1, 0.15) is 48.0 Å². The summed E-state index contributed by atoms with van der Waals surface area (Å²) in [5, 5.41) is 11.1. The van der Waals surface area contributed by atoms with Gasteiger partial charge in [-0.2, -0.15) is 0 Å². The van der Waals surface area contributed by atoms with Gasteiger partial charge in [0.05, 0.1) is 37.1 Å². The molecule has 3 aromatic rings. The Balaban J connectivity index is 0.000000294. The molecule has 7 heterocycles. The van der Waals surface area contributed by atoms with E-state index in [1.165, 1.54) is 30.2 Å². The third-order valence-electron chi connectivity index (χ3n) is 22.6. The first-order valence-electron chi connectivity index (χ1n) is 37.3. The first kappa shape index (κ1) is 82.6. The van der Waals surface area contributed by atoms with Crippen LogP contribution < -0.4 is 4.74 Å². The van der Waals surface area contributed by atoms with Crippen LogP contribution in [0.5, 0.6) is 5.75 Å². The molecule has 566 valence electrons. The number of cyclic esters (lactones) is 2. The fourth-order valence-electron chi connectivity index (χ4n) is 16.7. The standard InChI is InChI=1S/C45H64N2O10.C35H54N2O8/c1-11-35-45(12-2)39(47(43(52)57-45)21-14-22-53-34-18-16-32(17-19-34)33-15-13-20-46-25-33)29(6)36(48)27(4)24-44(9,10)40(30(7)38(50)31(8)41(51)55-35)56-42-37(49)26(3)23-28(5)54-42;1-12-27-35(13-2,45-33(41)37-15-14-36-19-37)18-22(5)28(38)21(4)17-34(10,11)30(25(8)29(39)26(9)31(40)43-27)44-32-24(7)20(3)16-23(6)42-32/h13,15-20,25-31,35,37,39-40,42,49H,11-12,14,21-24H2,1-10H3;14-15,18-21,23-27,30,32H,12-13,16-17H2,1-11H3/b;22-18+/t26-,27+,28+,29-,30-,31+,35+,37+,39+,40+,42?,45+;20-,21+,23+,24+,25-,26+,27+,30+,32?,35-/m00/s1. The molecule has 22 nitrogen and oxygen atoms in total. The third-order valence-corrected chi connectivity index (χ3v) is 22.6. The number of pyridine rings is 1. The van der Waals surface area contributed by atoms with Crippen molar-refractivity contribution in [2.75, 3.05) is 13.2 Å². The summed E-state index contributed by atoms with van der Waals surface area (Å²) in [6.45, 7) is 39.7. The summed E-state index contributed by atoms with van der Waals surface area (Å²) in [5.41, 5.74) is -1.86. The minimum absolute atomic E-state index is 0.00343. The van der Waals surface area contributed by atoms with E-state index in [-0.39, 0.29) is 79.4 Å². The number of aromatic nitrogens is 3. The molecule has 22 atom stereocenters. The number of amides is 1. The van der Waals surface area contributed by atoms with Crippen LogP contribution in [0.25, 0.3) is 11.1 Å².